The molecule has 0 unspecified atom stereocenters. The van der Waals surface area contributed by atoms with Crippen LogP contribution in [0.3, 0.4) is 0 Å². The van der Waals surface area contributed by atoms with Gasteiger partial charge in [-0.05, 0) is 58.9 Å². The molecule has 1 amide bonds. The number of ether oxygens (including phenoxy) is 2. The van der Waals surface area contributed by atoms with Crippen molar-refractivity contribution in [1.29, 1.82) is 0 Å². The van der Waals surface area contributed by atoms with Gasteiger partial charge in [0.25, 0.3) is 0 Å². The number of hydrogen-bond donors (Lipinski definition) is 2. The van der Waals surface area contributed by atoms with Gasteiger partial charge in [0.15, 0.2) is 0 Å². The monoisotopic (exact) mass is 477 g/mol. The van der Waals surface area contributed by atoms with E-state index in [2.05, 4.69) is 17.4 Å². The average molecular weight is 478 g/mol. The van der Waals surface area contributed by atoms with Crippen LogP contribution in [0.5, 0.6) is 5.75 Å². The van der Waals surface area contributed by atoms with Crippen molar-refractivity contribution in [2.75, 3.05) is 6.61 Å². The number of hydrogen-bond acceptors (Lipinski definition) is 4. The molecule has 0 heterocycles. The smallest absolute Gasteiger partial charge is 0.407 e. The van der Waals surface area contributed by atoms with E-state index in [0.29, 0.717) is 16.3 Å². The highest BCUT2D eigenvalue weighted by molar-refractivity contribution is 6.30. The summed E-state index contributed by atoms with van der Waals surface area (Å²) in [6.07, 6.45) is 1.35. The standard InChI is InChI=1S/C27H24ClNO5/c28-17-9-12-25(34-18-10-11-18)16(13-17)14-24(26(30)31)29-27(32)33-15-23-21-7-3-1-5-19(21)20-6-2-4-8-22(20)23/h1-9,12-13,18,23-24H,10-11,14-15H2,(H,29,32)(H,30,31)/t24-/m1/s1. The Kier molecular flexibility index (Phi) is 6.16. The fourth-order valence-electron chi connectivity index (χ4n) is 4.39. The number of rotatable bonds is 8. The van der Waals surface area contributed by atoms with Gasteiger partial charge in [-0.1, -0.05) is 60.1 Å². The number of amides is 1. The summed E-state index contributed by atoms with van der Waals surface area (Å²) >= 11 is 6.13. The number of carboxylic acid groups (broad SMARTS) is 1. The van der Waals surface area contributed by atoms with Gasteiger partial charge in [-0.3, -0.25) is 0 Å². The molecule has 0 aromatic heterocycles. The summed E-state index contributed by atoms with van der Waals surface area (Å²) in [7, 11) is 0. The maximum Gasteiger partial charge on any atom is 0.407 e. The zero-order valence-corrected chi connectivity index (χ0v) is 19.1. The molecule has 3 aromatic carbocycles. The first-order valence-corrected chi connectivity index (χ1v) is 11.7. The van der Waals surface area contributed by atoms with E-state index < -0.39 is 18.1 Å². The van der Waals surface area contributed by atoms with E-state index in [4.69, 9.17) is 21.1 Å². The Balaban J connectivity index is 1.27. The van der Waals surface area contributed by atoms with E-state index in [0.717, 1.165) is 35.1 Å². The average Bonchev–Trinajstić information content (AvgIpc) is 3.59. The highest BCUT2D eigenvalue weighted by atomic mass is 35.5. The van der Waals surface area contributed by atoms with E-state index in [1.807, 2.05) is 36.4 Å². The third kappa shape index (κ3) is 4.73. The molecule has 0 aliphatic heterocycles. The lowest BCUT2D eigenvalue weighted by Crippen LogP contribution is -2.43. The maximum absolute atomic E-state index is 12.6. The second-order valence-corrected chi connectivity index (χ2v) is 9.07. The van der Waals surface area contributed by atoms with Crippen molar-refractivity contribution < 1.29 is 24.2 Å². The molecule has 2 aliphatic rings. The van der Waals surface area contributed by atoms with Crippen molar-refractivity contribution in [3.8, 4) is 16.9 Å². The van der Waals surface area contributed by atoms with Crippen molar-refractivity contribution in [3.63, 3.8) is 0 Å². The van der Waals surface area contributed by atoms with Gasteiger partial charge in [0, 0.05) is 17.4 Å². The fourth-order valence-corrected chi connectivity index (χ4v) is 4.58. The van der Waals surface area contributed by atoms with Crippen LogP contribution in [-0.4, -0.2) is 35.9 Å². The van der Waals surface area contributed by atoms with Crippen LogP contribution in [0.15, 0.2) is 66.7 Å². The van der Waals surface area contributed by atoms with Gasteiger partial charge in [0.2, 0.25) is 0 Å². The van der Waals surface area contributed by atoms with Crippen LogP contribution in [0.25, 0.3) is 11.1 Å². The van der Waals surface area contributed by atoms with E-state index >= 15 is 0 Å². The number of aliphatic carboxylic acids is 1. The first-order valence-electron chi connectivity index (χ1n) is 11.3. The minimum absolute atomic E-state index is 0.0299. The van der Waals surface area contributed by atoms with Crippen molar-refractivity contribution in [2.45, 2.75) is 37.3 Å². The van der Waals surface area contributed by atoms with Gasteiger partial charge in [-0.15, -0.1) is 0 Å². The number of fused-ring (bicyclic) bond motifs is 3. The summed E-state index contributed by atoms with van der Waals surface area (Å²) in [6.45, 7) is 0.111. The van der Waals surface area contributed by atoms with Crippen LogP contribution in [0.1, 0.15) is 35.4 Å². The van der Waals surface area contributed by atoms with E-state index in [-0.39, 0.29) is 25.0 Å². The van der Waals surface area contributed by atoms with Crippen molar-refractivity contribution in [3.05, 3.63) is 88.4 Å². The number of nitrogens with one attached hydrogen (secondary N) is 1. The van der Waals surface area contributed by atoms with Gasteiger partial charge in [-0.2, -0.15) is 0 Å². The van der Waals surface area contributed by atoms with E-state index in [9.17, 15) is 14.7 Å². The van der Waals surface area contributed by atoms with Crippen LogP contribution in [0.4, 0.5) is 4.79 Å². The first kappa shape index (κ1) is 22.3. The summed E-state index contributed by atoms with van der Waals surface area (Å²) in [5.74, 6) is -0.675. The Morgan fingerprint density at radius 1 is 1.00 bits per heavy atom. The van der Waals surface area contributed by atoms with Gasteiger partial charge in [-0.25, -0.2) is 9.59 Å². The molecule has 1 fully saturated rings. The van der Waals surface area contributed by atoms with Crippen molar-refractivity contribution >= 4 is 23.7 Å². The Morgan fingerprint density at radius 3 is 2.26 bits per heavy atom. The van der Waals surface area contributed by atoms with E-state index in [1.165, 1.54) is 0 Å². The molecule has 0 bridgehead atoms. The molecular weight excluding hydrogens is 454 g/mol. The van der Waals surface area contributed by atoms with E-state index in [1.54, 1.807) is 18.2 Å². The third-order valence-electron chi connectivity index (χ3n) is 6.20. The third-order valence-corrected chi connectivity index (χ3v) is 6.43. The lowest BCUT2D eigenvalue weighted by molar-refractivity contribution is -0.139. The van der Waals surface area contributed by atoms with Crippen LogP contribution in [0.2, 0.25) is 5.02 Å². The molecule has 0 saturated heterocycles. The first-order chi connectivity index (χ1) is 16.5. The molecule has 2 aliphatic carbocycles. The molecule has 34 heavy (non-hydrogen) atoms. The lowest BCUT2D eigenvalue weighted by Gasteiger charge is -2.19. The fraction of sp³-hybridized carbons (Fsp3) is 0.259. The second-order valence-electron chi connectivity index (χ2n) is 8.63. The number of alkyl carbamates (subject to hydrolysis) is 1. The molecule has 2 N–H and O–H groups in total. The van der Waals surface area contributed by atoms with Crippen molar-refractivity contribution in [1.82, 2.24) is 5.32 Å². The molecule has 6 nitrogen and oxygen atoms in total. The van der Waals surface area contributed by atoms with Crippen LogP contribution >= 0.6 is 11.6 Å². The van der Waals surface area contributed by atoms with Crippen LogP contribution in [-0.2, 0) is 16.0 Å². The van der Waals surface area contributed by atoms with Crippen LogP contribution in [0, 0.1) is 0 Å². The second kappa shape index (κ2) is 9.39. The highest BCUT2D eigenvalue weighted by Gasteiger charge is 2.30. The highest BCUT2D eigenvalue weighted by Crippen LogP contribution is 2.44. The molecule has 1 saturated carbocycles. The summed E-state index contributed by atoms with van der Waals surface area (Å²) < 4.78 is 11.4. The molecule has 174 valence electrons. The summed E-state index contributed by atoms with van der Waals surface area (Å²) in [5, 5.41) is 12.7. The molecule has 0 spiro atoms. The molecule has 7 heteroatoms. The SMILES string of the molecule is O=C(N[C@H](Cc1cc(Cl)ccc1OC1CC1)C(=O)O)OCC1c2ccccc2-c2ccccc21. The molecule has 5 rings (SSSR count). The number of halogens is 1. The Labute approximate surface area is 202 Å². The zero-order chi connectivity index (χ0) is 23.7. The van der Waals surface area contributed by atoms with Crippen LogP contribution < -0.4 is 10.1 Å². The summed E-state index contributed by atoms with van der Waals surface area (Å²) in [6, 6.07) is 20.0. The topological polar surface area (TPSA) is 84.9 Å². The van der Waals surface area contributed by atoms with Crippen molar-refractivity contribution in [2.24, 2.45) is 0 Å². The van der Waals surface area contributed by atoms with Gasteiger partial charge in [0.05, 0.1) is 6.10 Å². The number of carbonyl (C=O) groups is 2. The predicted molar refractivity (Wildman–Crippen MR) is 128 cm³/mol. The summed E-state index contributed by atoms with van der Waals surface area (Å²) in [4.78, 5) is 24.5. The molecule has 3 aromatic rings. The quantitative estimate of drug-likeness (QED) is 0.452. The van der Waals surface area contributed by atoms with Gasteiger partial charge < -0.3 is 19.9 Å². The minimum Gasteiger partial charge on any atom is -0.490 e. The number of carboxylic acids is 1. The van der Waals surface area contributed by atoms with Gasteiger partial charge >= 0.3 is 12.1 Å². The number of carbonyl (C=O) groups excluding carboxylic acids is 1. The zero-order valence-electron chi connectivity index (χ0n) is 18.4. The Hall–Kier alpha value is -3.51. The molecule has 0 radical (unpaired) electrons. The summed E-state index contributed by atoms with van der Waals surface area (Å²) in [5.41, 5.74) is 5.06. The molecule has 1 atom stereocenters. The van der Waals surface area contributed by atoms with Gasteiger partial charge in [0.1, 0.15) is 18.4 Å². The molecular formula is C27H24ClNO5. The predicted octanol–water partition coefficient (Wildman–Crippen LogP) is 5.42. The number of benzene rings is 3. The normalized spacial score (nSPS) is 15.2. The Morgan fingerprint density at radius 2 is 1.65 bits per heavy atom. The largest absolute Gasteiger partial charge is 0.490 e. The Bertz CT molecular complexity index is 1190. The minimum atomic E-state index is -1.18. The maximum atomic E-state index is 12.6. The lowest BCUT2D eigenvalue weighted by atomic mass is 9.98.